The van der Waals surface area contributed by atoms with E-state index in [0.29, 0.717) is 0 Å². The van der Waals surface area contributed by atoms with Gasteiger partial charge in [-0.15, -0.1) is 0 Å². The van der Waals surface area contributed by atoms with Gasteiger partial charge in [0.05, 0.1) is 0 Å². The molecule has 0 heterocycles. The maximum Gasteiger partial charge on any atom is -0.00517 e. The van der Waals surface area contributed by atoms with Crippen LogP contribution in [0.15, 0.2) is 71.8 Å². The molecule has 0 unspecified atom stereocenters. The lowest BCUT2D eigenvalue weighted by Crippen LogP contribution is -1.88. The Kier molecular flexibility index (Phi) is 3.08. The van der Waals surface area contributed by atoms with Crippen molar-refractivity contribution in [1.29, 1.82) is 0 Å². The Bertz CT molecular complexity index is 643. The molecule has 0 bridgehead atoms. The van der Waals surface area contributed by atoms with Crippen LogP contribution >= 0.6 is 0 Å². The van der Waals surface area contributed by atoms with Gasteiger partial charge < -0.3 is 0 Å². The molecule has 1 aliphatic rings. The molecule has 0 saturated heterocycles. The van der Waals surface area contributed by atoms with E-state index in [-0.39, 0.29) is 0 Å². The molecule has 2 aromatic carbocycles. The third kappa shape index (κ3) is 2.15. The van der Waals surface area contributed by atoms with Gasteiger partial charge in [0.1, 0.15) is 0 Å². The Morgan fingerprint density at radius 2 is 1.21 bits per heavy atom. The lowest BCUT2D eigenvalue weighted by Gasteiger charge is -2.10. The second kappa shape index (κ2) is 4.89. The zero-order chi connectivity index (χ0) is 13.2. The molecule has 2 aromatic rings. The van der Waals surface area contributed by atoms with Gasteiger partial charge in [0.15, 0.2) is 0 Å². The maximum absolute atomic E-state index is 2.24. The molecule has 0 radical (unpaired) electrons. The lowest BCUT2D eigenvalue weighted by molar-refractivity contribution is 1.23. The maximum atomic E-state index is 2.24. The zero-order valence-corrected chi connectivity index (χ0v) is 11.5. The highest BCUT2D eigenvalue weighted by Crippen LogP contribution is 2.43. The van der Waals surface area contributed by atoms with Crippen LogP contribution in [0.4, 0.5) is 0 Å². The molecule has 19 heavy (non-hydrogen) atoms. The molecule has 0 aromatic heterocycles. The largest absolute Gasteiger partial charge is 0.0653 e. The number of allylic oxidation sites excluding steroid dienone is 4. The average Bonchev–Trinajstić information content (AvgIpc) is 2.77. The summed E-state index contributed by atoms with van der Waals surface area (Å²) in [6.07, 6.45) is 1.07. The molecule has 0 heteroatoms. The van der Waals surface area contributed by atoms with Gasteiger partial charge in [-0.2, -0.15) is 0 Å². The summed E-state index contributed by atoms with van der Waals surface area (Å²) < 4.78 is 0. The minimum absolute atomic E-state index is 1.07. The monoisotopic (exact) mass is 246 g/mol. The fourth-order valence-electron chi connectivity index (χ4n) is 2.81. The summed E-state index contributed by atoms with van der Waals surface area (Å²) in [4.78, 5) is 0. The number of rotatable bonds is 2. The van der Waals surface area contributed by atoms with Crippen LogP contribution in [0.25, 0.3) is 11.1 Å². The van der Waals surface area contributed by atoms with E-state index in [0.717, 1.165) is 6.42 Å². The van der Waals surface area contributed by atoms with E-state index in [1.807, 2.05) is 0 Å². The molecular weight excluding hydrogens is 228 g/mol. The van der Waals surface area contributed by atoms with Crippen LogP contribution in [-0.2, 0) is 0 Å². The number of hydrogen-bond donors (Lipinski definition) is 0. The van der Waals surface area contributed by atoms with Gasteiger partial charge in [-0.25, -0.2) is 0 Å². The van der Waals surface area contributed by atoms with Crippen LogP contribution in [0, 0.1) is 0 Å². The van der Waals surface area contributed by atoms with E-state index < -0.39 is 0 Å². The molecule has 0 fully saturated rings. The van der Waals surface area contributed by atoms with Crippen LogP contribution in [0.1, 0.15) is 31.4 Å². The summed E-state index contributed by atoms with van der Waals surface area (Å²) in [5.74, 6) is 0. The van der Waals surface area contributed by atoms with Crippen molar-refractivity contribution in [2.75, 3.05) is 0 Å². The van der Waals surface area contributed by atoms with Gasteiger partial charge in [-0.3, -0.25) is 0 Å². The van der Waals surface area contributed by atoms with Crippen LogP contribution < -0.4 is 0 Å². The first-order chi connectivity index (χ1) is 9.27. The number of hydrogen-bond acceptors (Lipinski definition) is 0. The van der Waals surface area contributed by atoms with Crippen LogP contribution in [0.2, 0.25) is 0 Å². The Labute approximate surface area is 115 Å². The molecular formula is C19H18. The van der Waals surface area contributed by atoms with Crippen molar-refractivity contribution in [3.63, 3.8) is 0 Å². The van der Waals surface area contributed by atoms with E-state index >= 15 is 0 Å². The number of benzene rings is 2. The van der Waals surface area contributed by atoms with E-state index in [9.17, 15) is 0 Å². The predicted octanol–water partition coefficient (Wildman–Crippen LogP) is 5.34. The second-order valence-corrected chi connectivity index (χ2v) is 5.17. The first kappa shape index (κ1) is 12.0. The van der Waals surface area contributed by atoms with Gasteiger partial charge in [0.25, 0.3) is 0 Å². The summed E-state index contributed by atoms with van der Waals surface area (Å²) in [7, 11) is 0. The second-order valence-electron chi connectivity index (χ2n) is 5.17. The fraction of sp³-hybridized carbons (Fsp3) is 0.158. The Hall–Kier alpha value is -2.08. The summed E-state index contributed by atoms with van der Waals surface area (Å²) in [5.41, 5.74) is 8.47. The molecule has 94 valence electrons. The molecule has 0 N–H and O–H groups in total. The van der Waals surface area contributed by atoms with Gasteiger partial charge in [0, 0.05) is 0 Å². The standard InChI is InChI=1S/C19H18/c1-14-13-18(16-9-5-3-6-10-16)19(15(14)2)17-11-7-4-8-12-17/h3-12H,13H2,1-2H3. The first-order valence-corrected chi connectivity index (χ1v) is 6.78. The first-order valence-electron chi connectivity index (χ1n) is 6.78. The topological polar surface area (TPSA) is 0 Å². The fourth-order valence-corrected chi connectivity index (χ4v) is 2.81. The summed E-state index contributed by atoms with van der Waals surface area (Å²) in [6.45, 7) is 4.49. The normalized spacial score (nSPS) is 15.3. The van der Waals surface area contributed by atoms with Gasteiger partial charge in [0.2, 0.25) is 0 Å². The Morgan fingerprint density at radius 3 is 1.79 bits per heavy atom. The molecule has 0 amide bonds. The quantitative estimate of drug-likeness (QED) is 0.671. The smallest absolute Gasteiger partial charge is 0.00517 e. The van der Waals surface area contributed by atoms with Crippen molar-refractivity contribution < 1.29 is 0 Å². The molecule has 0 saturated carbocycles. The minimum Gasteiger partial charge on any atom is -0.0653 e. The third-order valence-corrected chi connectivity index (χ3v) is 3.94. The van der Waals surface area contributed by atoms with Crippen molar-refractivity contribution in [1.82, 2.24) is 0 Å². The highest BCUT2D eigenvalue weighted by Gasteiger charge is 2.21. The van der Waals surface area contributed by atoms with Crippen molar-refractivity contribution in [3.8, 4) is 0 Å². The SMILES string of the molecule is CC1=C(C)C(c2ccccc2)=C(c2ccccc2)C1. The summed E-state index contributed by atoms with van der Waals surface area (Å²) in [6, 6.07) is 21.5. The van der Waals surface area contributed by atoms with Gasteiger partial charge in [-0.1, -0.05) is 66.2 Å². The Balaban J connectivity index is 2.18. The van der Waals surface area contributed by atoms with Crippen LogP contribution in [-0.4, -0.2) is 0 Å². The van der Waals surface area contributed by atoms with Crippen molar-refractivity contribution in [3.05, 3.63) is 82.9 Å². The highest BCUT2D eigenvalue weighted by atomic mass is 14.2. The van der Waals surface area contributed by atoms with Gasteiger partial charge in [-0.05, 0) is 48.1 Å². The van der Waals surface area contributed by atoms with Crippen LogP contribution in [0.5, 0.6) is 0 Å². The predicted molar refractivity (Wildman–Crippen MR) is 82.7 cm³/mol. The van der Waals surface area contributed by atoms with E-state index in [2.05, 4.69) is 74.5 Å². The van der Waals surface area contributed by atoms with E-state index in [1.54, 1.807) is 0 Å². The molecule has 0 aliphatic heterocycles. The third-order valence-electron chi connectivity index (χ3n) is 3.94. The molecule has 0 atom stereocenters. The zero-order valence-electron chi connectivity index (χ0n) is 11.5. The summed E-state index contributed by atoms with van der Waals surface area (Å²) in [5, 5.41) is 0. The highest BCUT2D eigenvalue weighted by molar-refractivity contribution is 6.02. The molecule has 3 rings (SSSR count). The van der Waals surface area contributed by atoms with Gasteiger partial charge >= 0.3 is 0 Å². The van der Waals surface area contributed by atoms with Crippen molar-refractivity contribution in [2.24, 2.45) is 0 Å². The average molecular weight is 246 g/mol. The molecule has 0 spiro atoms. The molecule has 1 aliphatic carbocycles. The van der Waals surface area contributed by atoms with E-state index in [1.165, 1.54) is 33.4 Å². The lowest BCUT2D eigenvalue weighted by atomic mass is 9.94. The van der Waals surface area contributed by atoms with Crippen molar-refractivity contribution in [2.45, 2.75) is 20.3 Å². The van der Waals surface area contributed by atoms with Crippen molar-refractivity contribution >= 4 is 11.1 Å². The Morgan fingerprint density at radius 1 is 0.684 bits per heavy atom. The molecule has 0 nitrogen and oxygen atoms in total. The minimum atomic E-state index is 1.07. The van der Waals surface area contributed by atoms with E-state index in [4.69, 9.17) is 0 Å². The van der Waals surface area contributed by atoms with Crippen LogP contribution in [0.3, 0.4) is 0 Å². The summed E-state index contributed by atoms with van der Waals surface area (Å²) >= 11 is 0.